The average Bonchev–Trinajstić information content (AvgIpc) is 3.09. The molecule has 1 aliphatic rings. The average molecular weight is 345 g/mol. The highest BCUT2D eigenvalue weighted by Crippen LogP contribution is 2.32. The number of halogens is 1. The predicted molar refractivity (Wildman–Crippen MR) is 91.6 cm³/mol. The first kappa shape index (κ1) is 15.3. The number of furan rings is 1. The lowest BCUT2D eigenvalue weighted by atomic mass is 9.89. The molecule has 1 unspecified atom stereocenters. The van der Waals surface area contributed by atoms with E-state index in [0.29, 0.717) is 22.4 Å². The fraction of sp³-hybridized carbons (Fsp3) is 0.333. The Bertz CT molecular complexity index is 941. The Kier molecular flexibility index (Phi) is 3.61. The standard InChI is InChI=1S/C18H17ClN2O3/c1-9-3-5-14-13(7-9)18(24-21-14)20-17(22)16-10(2)12-8-11(19)4-6-15(12)23-16/h4,6,8-9H,3,5,7H2,1-2H3,(H,20,22). The van der Waals surface area contributed by atoms with Gasteiger partial charge >= 0.3 is 0 Å². The summed E-state index contributed by atoms with van der Waals surface area (Å²) in [7, 11) is 0. The Balaban J connectivity index is 1.66. The number of nitrogens with zero attached hydrogens (tertiary/aromatic N) is 1. The summed E-state index contributed by atoms with van der Waals surface area (Å²) in [4.78, 5) is 12.6. The van der Waals surface area contributed by atoms with Crippen molar-refractivity contribution in [2.24, 2.45) is 5.92 Å². The van der Waals surface area contributed by atoms with Crippen LogP contribution in [0.25, 0.3) is 11.0 Å². The van der Waals surface area contributed by atoms with E-state index in [4.69, 9.17) is 20.5 Å². The van der Waals surface area contributed by atoms with Crippen LogP contribution in [0.2, 0.25) is 5.02 Å². The van der Waals surface area contributed by atoms with Gasteiger partial charge in [0.15, 0.2) is 5.76 Å². The highest BCUT2D eigenvalue weighted by Gasteiger charge is 2.26. The molecule has 0 spiro atoms. The van der Waals surface area contributed by atoms with E-state index in [9.17, 15) is 4.79 Å². The van der Waals surface area contributed by atoms with Crippen molar-refractivity contribution in [1.82, 2.24) is 5.16 Å². The molecule has 0 fully saturated rings. The van der Waals surface area contributed by atoms with Gasteiger partial charge < -0.3 is 8.94 Å². The summed E-state index contributed by atoms with van der Waals surface area (Å²) in [6, 6.07) is 5.30. The Labute approximate surface area is 143 Å². The van der Waals surface area contributed by atoms with E-state index in [0.717, 1.165) is 41.5 Å². The molecule has 1 amide bonds. The molecule has 2 aromatic heterocycles. The summed E-state index contributed by atoms with van der Waals surface area (Å²) < 4.78 is 11.0. The molecule has 6 heteroatoms. The van der Waals surface area contributed by atoms with Crippen LogP contribution in [0.1, 0.15) is 40.7 Å². The van der Waals surface area contributed by atoms with Crippen molar-refractivity contribution in [2.75, 3.05) is 5.32 Å². The minimum atomic E-state index is -0.336. The number of anilines is 1. The predicted octanol–water partition coefficient (Wildman–Crippen LogP) is 4.76. The molecule has 0 saturated heterocycles. The lowest BCUT2D eigenvalue weighted by Gasteiger charge is -2.16. The van der Waals surface area contributed by atoms with Gasteiger partial charge in [0.2, 0.25) is 5.88 Å². The molecule has 3 aromatic rings. The van der Waals surface area contributed by atoms with E-state index in [1.54, 1.807) is 18.2 Å². The van der Waals surface area contributed by atoms with Gasteiger partial charge in [0, 0.05) is 21.5 Å². The number of aryl methyl sites for hydroxylation is 2. The number of amides is 1. The molecule has 5 nitrogen and oxygen atoms in total. The number of carbonyl (C=O) groups is 1. The number of aromatic nitrogens is 1. The summed E-state index contributed by atoms with van der Waals surface area (Å²) in [6.45, 7) is 4.03. The third-order valence-electron chi connectivity index (χ3n) is 4.63. The van der Waals surface area contributed by atoms with Gasteiger partial charge in [-0.1, -0.05) is 23.7 Å². The molecular formula is C18H17ClN2O3. The smallest absolute Gasteiger partial charge is 0.294 e. The molecule has 124 valence electrons. The molecule has 24 heavy (non-hydrogen) atoms. The van der Waals surface area contributed by atoms with E-state index < -0.39 is 0 Å². The second kappa shape index (κ2) is 5.67. The molecule has 4 rings (SSSR count). The number of benzene rings is 1. The van der Waals surface area contributed by atoms with Crippen LogP contribution in [-0.4, -0.2) is 11.1 Å². The zero-order chi connectivity index (χ0) is 16.8. The van der Waals surface area contributed by atoms with Crippen LogP contribution in [0, 0.1) is 12.8 Å². The highest BCUT2D eigenvalue weighted by molar-refractivity contribution is 6.31. The molecule has 2 heterocycles. The van der Waals surface area contributed by atoms with E-state index in [-0.39, 0.29) is 11.7 Å². The first-order valence-corrected chi connectivity index (χ1v) is 8.38. The van der Waals surface area contributed by atoms with Gasteiger partial charge in [0.1, 0.15) is 5.58 Å². The molecule has 1 aliphatic carbocycles. The SMILES string of the molecule is Cc1c(C(=O)Nc2onc3c2CC(C)CC3)oc2ccc(Cl)cc12. The van der Waals surface area contributed by atoms with Crippen molar-refractivity contribution in [2.45, 2.75) is 33.1 Å². The quantitative estimate of drug-likeness (QED) is 0.727. The van der Waals surface area contributed by atoms with Gasteiger partial charge in [-0.05, 0) is 50.3 Å². The fourth-order valence-corrected chi connectivity index (χ4v) is 3.42. The number of nitrogens with one attached hydrogen (secondary N) is 1. The molecule has 0 saturated carbocycles. The minimum absolute atomic E-state index is 0.265. The first-order valence-electron chi connectivity index (χ1n) is 8.00. The van der Waals surface area contributed by atoms with Crippen LogP contribution in [-0.2, 0) is 12.8 Å². The Morgan fingerprint density at radius 3 is 3.08 bits per heavy atom. The van der Waals surface area contributed by atoms with Crippen molar-refractivity contribution in [3.63, 3.8) is 0 Å². The fourth-order valence-electron chi connectivity index (χ4n) is 3.25. The van der Waals surface area contributed by atoms with Crippen molar-refractivity contribution in [3.8, 4) is 0 Å². The number of hydrogen-bond acceptors (Lipinski definition) is 4. The topological polar surface area (TPSA) is 68.3 Å². The zero-order valence-electron chi connectivity index (χ0n) is 13.5. The van der Waals surface area contributed by atoms with Gasteiger partial charge in [-0.3, -0.25) is 10.1 Å². The third kappa shape index (κ3) is 2.49. The van der Waals surface area contributed by atoms with Gasteiger partial charge in [-0.2, -0.15) is 0 Å². The first-order chi connectivity index (χ1) is 11.5. The maximum absolute atomic E-state index is 12.6. The largest absolute Gasteiger partial charge is 0.451 e. The zero-order valence-corrected chi connectivity index (χ0v) is 14.2. The van der Waals surface area contributed by atoms with Crippen LogP contribution < -0.4 is 5.32 Å². The van der Waals surface area contributed by atoms with Crippen molar-refractivity contribution in [3.05, 3.63) is 45.8 Å². The number of carbonyl (C=O) groups excluding carboxylic acids is 1. The highest BCUT2D eigenvalue weighted by atomic mass is 35.5. The Morgan fingerprint density at radius 2 is 2.25 bits per heavy atom. The molecule has 0 radical (unpaired) electrons. The molecule has 0 bridgehead atoms. The van der Waals surface area contributed by atoms with Crippen LogP contribution in [0.5, 0.6) is 0 Å². The molecule has 1 aromatic carbocycles. The molecular weight excluding hydrogens is 328 g/mol. The number of rotatable bonds is 2. The monoisotopic (exact) mass is 344 g/mol. The Morgan fingerprint density at radius 1 is 1.42 bits per heavy atom. The third-order valence-corrected chi connectivity index (χ3v) is 4.86. The normalized spacial score (nSPS) is 17.0. The van der Waals surface area contributed by atoms with Crippen molar-refractivity contribution in [1.29, 1.82) is 0 Å². The van der Waals surface area contributed by atoms with Crippen LogP contribution in [0.3, 0.4) is 0 Å². The van der Waals surface area contributed by atoms with E-state index >= 15 is 0 Å². The van der Waals surface area contributed by atoms with Crippen molar-refractivity contribution >= 4 is 34.4 Å². The Hall–Kier alpha value is -2.27. The van der Waals surface area contributed by atoms with E-state index in [2.05, 4.69) is 17.4 Å². The van der Waals surface area contributed by atoms with Crippen molar-refractivity contribution < 1.29 is 13.7 Å². The summed E-state index contributed by atoms with van der Waals surface area (Å²) >= 11 is 6.02. The summed E-state index contributed by atoms with van der Waals surface area (Å²) in [5.41, 5.74) is 3.33. The summed E-state index contributed by atoms with van der Waals surface area (Å²) in [6.07, 6.45) is 2.84. The number of hydrogen-bond donors (Lipinski definition) is 1. The summed E-state index contributed by atoms with van der Waals surface area (Å²) in [5.74, 6) is 0.917. The van der Waals surface area contributed by atoms with Gasteiger partial charge in [0.05, 0.1) is 5.69 Å². The molecule has 1 atom stereocenters. The molecule has 0 aliphatic heterocycles. The van der Waals surface area contributed by atoms with Gasteiger partial charge in [0.25, 0.3) is 5.91 Å². The maximum atomic E-state index is 12.6. The second-order valence-electron chi connectivity index (χ2n) is 6.44. The van der Waals surface area contributed by atoms with Gasteiger partial charge in [-0.15, -0.1) is 0 Å². The van der Waals surface area contributed by atoms with Crippen LogP contribution in [0.4, 0.5) is 5.88 Å². The minimum Gasteiger partial charge on any atom is -0.451 e. The maximum Gasteiger partial charge on any atom is 0.294 e. The van der Waals surface area contributed by atoms with Gasteiger partial charge in [-0.25, -0.2) is 0 Å². The lowest BCUT2D eigenvalue weighted by molar-refractivity contribution is 0.0994. The van der Waals surface area contributed by atoms with E-state index in [1.165, 1.54) is 0 Å². The van der Waals surface area contributed by atoms with E-state index in [1.807, 2.05) is 6.92 Å². The number of fused-ring (bicyclic) bond motifs is 2. The summed E-state index contributed by atoms with van der Waals surface area (Å²) in [5, 5.41) is 8.33. The molecule has 1 N–H and O–H groups in total. The van der Waals surface area contributed by atoms with Crippen LogP contribution in [0.15, 0.2) is 27.1 Å². The van der Waals surface area contributed by atoms with Crippen LogP contribution >= 0.6 is 11.6 Å². The second-order valence-corrected chi connectivity index (χ2v) is 6.87. The lowest BCUT2D eigenvalue weighted by Crippen LogP contribution is -2.16.